The van der Waals surface area contributed by atoms with Crippen molar-refractivity contribution in [1.29, 1.82) is 0 Å². The van der Waals surface area contributed by atoms with Crippen LogP contribution in [0.3, 0.4) is 0 Å². The number of nitrogen functional groups attached to an aromatic ring is 2. The second-order valence-corrected chi connectivity index (χ2v) is 19.0. The number of nitrogens with two attached hydrogens (primary N) is 2. The van der Waals surface area contributed by atoms with Crippen LogP contribution in [0.2, 0.25) is 0 Å². The van der Waals surface area contributed by atoms with Crippen LogP contribution in [-0.2, 0) is 9.59 Å². The van der Waals surface area contributed by atoms with E-state index in [1.807, 2.05) is 60.7 Å². The fourth-order valence-corrected chi connectivity index (χ4v) is 9.61. The van der Waals surface area contributed by atoms with Crippen molar-refractivity contribution < 1.29 is 29.3 Å². The first-order valence-electron chi connectivity index (χ1n) is 24.7. The van der Waals surface area contributed by atoms with Gasteiger partial charge in [-0.15, -0.1) is 13.2 Å². The minimum absolute atomic E-state index is 0.152. The van der Waals surface area contributed by atoms with Gasteiger partial charge in [-0.1, -0.05) is 132 Å². The summed E-state index contributed by atoms with van der Waals surface area (Å²) in [6.45, 7) is 9.01. The molecule has 1 atom stereocenters. The van der Waals surface area contributed by atoms with Crippen LogP contribution in [0.25, 0.3) is 12.2 Å². The van der Waals surface area contributed by atoms with E-state index in [9.17, 15) is 19.8 Å². The minimum Gasteiger partial charge on any atom is -0.493 e. The molecule has 0 amide bonds. The van der Waals surface area contributed by atoms with Crippen molar-refractivity contribution in [3.63, 3.8) is 0 Å². The van der Waals surface area contributed by atoms with Crippen LogP contribution in [0.15, 0.2) is 104 Å². The molecule has 0 bridgehead atoms. The Balaban J connectivity index is 1.08. The third-order valence-electron chi connectivity index (χ3n) is 13.8. The smallest absolute Gasteiger partial charge is 0.235 e. The molecule has 2 aliphatic carbocycles. The zero-order chi connectivity index (χ0) is 46.3. The molecule has 0 aromatic heterocycles. The first-order chi connectivity index (χ1) is 31.5. The molecule has 3 aromatic carbocycles. The molecule has 0 radical (unpaired) electrons. The largest absolute Gasteiger partial charge is 0.493 e. The van der Waals surface area contributed by atoms with Crippen molar-refractivity contribution in [2.75, 3.05) is 24.7 Å². The maximum absolute atomic E-state index is 13.5. The molecule has 8 nitrogen and oxygen atoms in total. The maximum Gasteiger partial charge on any atom is 0.235 e. The molecule has 0 heterocycles. The Labute approximate surface area is 390 Å². The number of unbranched alkanes of at least 4 members (excludes halogenated alkanes) is 8. The van der Waals surface area contributed by atoms with E-state index in [4.69, 9.17) is 20.9 Å². The zero-order valence-electron chi connectivity index (χ0n) is 39.1. The molecule has 0 saturated heterocycles. The second kappa shape index (κ2) is 27.5. The standard InChI is InChI=1S/C57H78N2O6/c1-3-5-7-9-11-13-15-43-17-21-47(22-18-43)41-64-51-33-26-45(27-34-51)25-32-50(60)40-54(53-37-31-49(58)39-55(53)59)57(62,63)56(61)38-30-46-28-35-52(36-29-46)65-42-48-23-19-44(20-24-48)16-14-12-10-8-6-4-2/h3-4,25-39,43-44,47-48,54,62-63H,1-2,5-24,40-42,58-59H2/b32-25+,38-30+. The van der Waals surface area contributed by atoms with Gasteiger partial charge in [-0.3, -0.25) is 9.59 Å². The summed E-state index contributed by atoms with van der Waals surface area (Å²) in [5.74, 6) is -1.35. The average molecular weight is 887 g/mol. The molecular weight excluding hydrogens is 809 g/mol. The number of aliphatic hydroxyl groups is 2. The van der Waals surface area contributed by atoms with Crippen LogP contribution in [0.4, 0.5) is 11.4 Å². The number of carbonyl (C=O) groups excluding carboxylic acids is 2. The van der Waals surface area contributed by atoms with E-state index in [0.717, 1.165) is 47.8 Å². The Morgan fingerprint density at radius 3 is 1.52 bits per heavy atom. The molecule has 8 heteroatoms. The summed E-state index contributed by atoms with van der Waals surface area (Å²) in [6.07, 6.45) is 34.6. The molecular formula is C57H78N2O6. The Morgan fingerprint density at radius 2 is 1.06 bits per heavy atom. The van der Waals surface area contributed by atoms with Crippen molar-refractivity contribution in [3.05, 3.63) is 121 Å². The van der Waals surface area contributed by atoms with Crippen molar-refractivity contribution in [3.8, 4) is 11.5 Å². The fraction of sp³-hybridized carbons (Fsp3) is 0.509. The average Bonchev–Trinajstić information content (AvgIpc) is 3.31. The summed E-state index contributed by atoms with van der Waals surface area (Å²) in [4.78, 5) is 27.0. The quantitative estimate of drug-likeness (QED) is 0.0177. The van der Waals surface area contributed by atoms with Gasteiger partial charge in [0.1, 0.15) is 11.5 Å². The number of benzene rings is 3. The van der Waals surface area contributed by atoms with Gasteiger partial charge in [0.05, 0.1) is 19.1 Å². The number of rotatable bonds is 29. The van der Waals surface area contributed by atoms with Crippen LogP contribution in [-0.4, -0.2) is 40.8 Å². The first-order valence-corrected chi connectivity index (χ1v) is 24.7. The number of ketones is 2. The van der Waals surface area contributed by atoms with Crippen LogP contribution in [0.5, 0.6) is 11.5 Å². The van der Waals surface area contributed by atoms with E-state index in [0.29, 0.717) is 36.3 Å². The first kappa shape index (κ1) is 51.1. The van der Waals surface area contributed by atoms with Crippen molar-refractivity contribution in [1.82, 2.24) is 0 Å². The SMILES string of the molecule is C=CCCCCCCC1CCC(COc2ccc(/C=C/C(=O)CC(c3ccc(N)cc3N)C(O)(O)C(=O)/C=C/c3ccc(OCC4CCC(CCCCCCC=C)CC4)cc3)cc2)CC1. The van der Waals surface area contributed by atoms with E-state index in [1.165, 1.54) is 140 Å². The molecule has 2 fully saturated rings. The molecule has 0 aliphatic heterocycles. The topological polar surface area (TPSA) is 145 Å². The molecule has 352 valence electrons. The lowest BCUT2D eigenvalue weighted by atomic mass is 9.80. The van der Waals surface area contributed by atoms with E-state index in [1.54, 1.807) is 12.1 Å². The summed E-state index contributed by atoms with van der Waals surface area (Å²) in [7, 11) is 0. The highest BCUT2D eigenvalue weighted by Crippen LogP contribution is 2.37. The summed E-state index contributed by atoms with van der Waals surface area (Å²) in [5, 5.41) is 22.9. The van der Waals surface area contributed by atoms with E-state index >= 15 is 0 Å². The summed E-state index contributed by atoms with van der Waals surface area (Å²) >= 11 is 0. The third-order valence-corrected chi connectivity index (χ3v) is 13.8. The Morgan fingerprint density at radius 1 is 0.615 bits per heavy atom. The summed E-state index contributed by atoms with van der Waals surface area (Å²) in [6, 6.07) is 19.5. The number of anilines is 2. The number of hydrogen-bond donors (Lipinski definition) is 4. The molecule has 2 aliphatic rings. The molecule has 3 aromatic rings. The van der Waals surface area contributed by atoms with Crippen molar-refractivity contribution in [2.45, 2.75) is 147 Å². The summed E-state index contributed by atoms with van der Waals surface area (Å²) in [5.41, 5.74) is 14.5. The minimum atomic E-state index is -2.94. The van der Waals surface area contributed by atoms with E-state index in [2.05, 4.69) is 13.2 Å². The molecule has 5 rings (SSSR count). The number of ether oxygens (including phenoxy) is 2. The number of hydrogen-bond acceptors (Lipinski definition) is 8. The third kappa shape index (κ3) is 17.8. The highest BCUT2D eigenvalue weighted by molar-refractivity contribution is 6.01. The molecule has 0 spiro atoms. The Kier molecular flexibility index (Phi) is 21.6. The van der Waals surface area contributed by atoms with Gasteiger partial charge in [-0.05, 0) is 140 Å². The summed E-state index contributed by atoms with van der Waals surface area (Å²) < 4.78 is 12.3. The van der Waals surface area contributed by atoms with E-state index in [-0.39, 0.29) is 17.7 Å². The lowest BCUT2D eigenvalue weighted by molar-refractivity contribution is -0.187. The molecule has 2 saturated carbocycles. The highest BCUT2D eigenvalue weighted by atomic mass is 16.5. The van der Waals surface area contributed by atoms with Gasteiger partial charge in [-0.25, -0.2) is 0 Å². The molecule has 6 N–H and O–H groups in total. The van der Waals surface area contributed by atoms with Crippen LogP contribution < -0.4 is 20.9 Å². The number of allylic oxidation sites excluding steroid dienone is 3. The normalized spacial score (nSPS) is 19.5. The lowest BCUT2D eigenvalue weighted by Crippen LogP contribution is -2.44. The lowest BCUT2D eigenvalue weighted by Gasteiger charge is -2.30. The molecule has 1 unspecified atom stereocenters. The van der Waals surface area contributed by atoms with Crippen LogP contribution in [0, 0.1) is 23.7 Å². The Hall–Kier alpha value is -4.92. The number of carbonyl (C=O) groups is 2. The van der Waals surface area contributed by atoms with Gasteiger partial charge < -0.3 is 31.2 Å². The van der Waals surface area contributed by atoms with Gasteiger partial charge in [0.25, 0.3) is 0 Å². The van der Waals surface area contributed by atoms with Gasteiger partial charge in [0, 0.05) is 17.8 Å². The Bertz CT molecular complexity index is 1950. The predicted octanol–water partition coefficient (Wildman–Crippen LogP) is 13.0. The second-order valence-electron chi connectivity index (χ2n) is 19.0. The monoisotopic (exact) mass is 887 g/mol. The zero-order valence-corrected chi connectivity index (χ0v) is 39.1. The van der Waals surface area contributed by atoms with Gasteiger partial charge in [0.2, 0.25) is 11.6 Å². The van der Waals surface area contributed by atoms with Crippen LogP contribution >= 0.6 is 0 Å². The van der Waals surface area contributed by atoms with Crippen LogP contribution in [0.1, 0.15) is 157 Å². The fourth-order valence-electron chi connectivity index (χ4n) is 9.61. The predicted molar refractivity (Wildman–Crippen MR) is 268 cm³/mol. The van der Waals surface area contributed by atoms with Gasteiger partial charge in [-0.2, -0.15) is 0 Å². The van der Waals surface area contributed by atoms with Crippen molar-refractivity contribution in [2.24, 2.45) is 23.7 Å². The van der Waals surface area contributed by atoms with E-state index < -0.39 is 23.3 Å². The highest BCUT2D eigenvalue weighted by Gasteiger charge is 2.43. The maximum atomic E-state index is 13.5. The molecule has 65 heavy (non-hydrogen) atoms. The van der Waals surface area contributed by atoms with Crippen molar-refractivity contribution >= 4 is 35.1 Å². The van der Waals surface area contributed by atoms with Gasteiger partial charge in [0.15, 0.2) is 5.78 Å². The van der Waals surface area contributed by atoms with Gasteiger partial charge >= 0.3 is 0 Å².